The summed E-state index contributed by atoms with van der Waals surface area (Å²) in [6.07, 6.45) is 1.79. The van der Waals surface area contributed by atoms with Crippen molar-refractivity contribution in [2.75, 3.05) is 33.2 Å². The van der Waals surface area contributed by atoms with Gasteiger partial charge in [0.25, 0.3) is 5.91 Å². The summed E-state index contributed by atoms with van der Waals surface area (Å²) in [5.41, 5.74) is 2.24. The fraction of sp³-hybridized carbons (Fsp3) is 0.300. The summed E-state index contributed by atoms with van der Waals surface area (Å²) in [4.78, 5) is 21.6. The van der Waals surface area contributed by atoms with Crippen LogP contribution in [-0.2, 0) is 4.79 Å². The molecule has 0 spiro atoms. The van der Waals surface area contributed by atoms with E-state index in [4.69, 9.17) is 4.42 Å². The molecule has 2 aromatic rings. The Morgan fingerprint density at radius 3 is 2.54 bits per heavy atom. The first-order chi connectivity index (χ1) is 12.6. The minimum atomic E-state index is -0.183. The monoisotopic (exact) mass is 367 g/mol. The summed E-state index contributed by atoms with van der Waals surface area (Å²) in [7, 11) is 2.11. The minimum Gasteiger partial charge on any atom is -0.457 e. The van der Waals surface area contributed by atoms with Crippen LogP contribution in [0.15, 0.2) is 50.7 Å². The molecule has 0 bridgehead atoms. The summed E-state index contributed by atoms with van der Waals surface area (Å²) in [5, 5.41) is 0.805. The number of aryl methyl sites for hydroxylation is 1. The van der Waals surface area contributed by atoms with Crippen LogP contribution in [-0.4, -0.2) is 54.1 Å². The van der Waals surface area contributed by atoms with E-state index in [1.54, 1.807) is 6.08 Å². The van der Waals surface area contributed by atoms with Crippen molar-refractivity contribution in [3.8, 4) is 11.3 Å². The van der Waals surface area contributed by atoms with Gasteiger partial charge in [-0.15, -0.1) is 0 Å². The third-order valence-corrected chi connectivity index (χ3v) is 5.66. The Kier molecular flexibility index (Phi) is 4.70. The fourth-order valence-corrected chi connectivity index (χ4v) is 3.91. The van der Waals surface area contributed by atoms with Gasteiger partial charge in [0.05, 0.1) is 4.91 Å². The van der Waals surface area contributed by atoms with Crippen LogP contribution in [0, 0.1) is 6.92 Å². The summed E-state index contributed by atoms with van der Waals surface area (Å²) in [6, 6.07) is 12.0. The molecule has 0 unspecified atom stereocenters. The first-order valence-electron chi connectivity index (χ1n) is 8.71. The van der Waals surface area contributed by atoms with Gasteiger partial charge in [0.1, 0.15) is 11.5 Å². The summed E-state index contributed by atoms with van der Waals surface area (Å²) in [6.45, 7) is 5.85. The van der Waals surface area contributed by atoms with Crippen LogP contribution in [0.3, 0.4) is 0 Å². The number of furan rings is 1. The predicted octanol–water partition coefficient (Wildman–Crippen LogP) is 3.47. The number of rotatable bonds is 2. The number of amides is 1. The number of carbonyl (C=O) groups excluding carboxylic acids is 1. The summed E-state index contributed by atoms with van der Waals surface area (Å²) in [5.74, 6) is 1.29. The van der Waals surface area contributed by atoms with E-state index in [1.807, 2.05) is 24.3 Å². The molecule has 5 nitrogen and oxygen atoms in total. The number of thioether (sulfide) groups is 1. The Morgan fingerprint density at radius 2 is 1.81 bits per heavy atom. The van der Waals surface area contributed by atoms with Gasteiger partial charge in [-0.1, -0.05) is 29.8 Å². The van der Waals surface area contributed by atoms with Crippen LogP contribution in [0.4, 0.5) is 0 Å². The molecule has 6 heteroatoms. The van der Waals surface area contributed by atoms with Crippen LogP contribution in [0.2, 0.25) is 0 Å². The van der Waals surface area contributed by atoms with Gasteiger partial charge in [-0.3, -0.25) is 4.79 Å². The maximum Gasteiger partial charge on any atom is 0.286 e. The molecule has 1 saturated heterocycles. The number of nitrogens with zero attached hydrogens (tertiary/aromatic N) is 3. The molecular weight excluding hydrogens is 346 g/mol. The maximum atomic E-state index is 12.3. The number of hydrogen-bond acceptors (Lipinski definition) is 5. The van der Waals surface area contributed by atoms with Gasteiger partial charge in [-0.05, 0) is 37.9 Å². The Balaban J connectivity index is 1.48. The topological polar surface area (TPSA) is 49.0 Å². The minimum absolute atomic E-state index is 0.183. The lowest BCUT2D eigenvalue weighted by atomic mass is 10.1. The van der Waals surface area contributed by atoms with Gasteiger partial charge >= 0.3 is 0 Å². The number of hydrogen-bond donors (Lipinski definition) is 0. The van der Waals surface area contributed by atoms with Crippen molar-refractivity contribution >= 4 is 28.9 Å². The molecule has 1 aromatic carbocycles. The van der Waals surface area contributed by atoms with Crippen LogP contribution >= 0.6 is 11.8 Å². The number of piperazine rings is 1. The van der Waals surface area contributed by atoms with Gasteiger partial charge in [0.15, 0.2) is 5.17 Å². The molecular formula is C20H21N3O2S. The quantitative estimate of drug-likeness (QED) is 0.761. The van der Waals surface area contributed by atoms with E-state index in [1.165, 1.54) is 17.3 Å². The molecule has 0 aliphatic carbocycles. The van der Waals surface area contributed by atoms with Gasteiger partial charge < -0.3 is 14.2 Å². The second-order valence-electron chi connectivity index (χ2n) is 6.67. The van der Waals surface area contributed by atoms with Crippen molar-refractivity contribution in [2.45, 2.75) is 6.92 Å². The van der Waals surface area contributed by atoms with Crippen LogP contribution < -0.4 is 0 Å². The molecule has 1 amide bonds. The van der Waals surface area contributed by atoms with E-state index in [9.17, 15) is 4.79 Å². The van der Waals surface area contributed by atoms with Crippen LogP contribution in [0.25, 0.3) is 17.4 Å². The highest BCUT2D eigenvalue weighted by Crippen LogP contribution is 2.32. The number of aliphatic imine (C=N–C) groups is 1. The lowest BCUT2D eigenvalue weighted by Gasteiger charge is -2.32. The molecule has 2 aliphatic rings. The SMILES string of the molecule is Cc1ccc(-c2ccc(/C=C3/SC(N4CCN(C)CC4)=NC3=O)o2)cc1. The zero-order valence-electron chi connectivity index (χ0n) is 14.9. The Hall–Kier alpha value is -2.31. The highest BCUT2D eigenvalue weighted by molar-refractivity contribution is 8.18. The number of benzene rings is 1. The molecule has 0 saturated carbocycles. The average Bonchev–Trinajstić information content (AvgIpc) is 3.24. The molecule has 2 aliphatic heterocycles. The number of likely N-dealkylation sites (N-methyl/N-ethyl adjacent to an activating group) is 1. The Morgan fingerprint density at radius 1 is 1.08 bits per heavy atom. The molecule has 0 radical (unpaired) electrons. The number of amidine groups is 1. The highest BCUT2D eigenvalue weighted by atomic mass is 32.2. The third-order valence-electron chi connectivity index (χ3n) is 4.62. The van der Waals surface area contributed by atoms with E-state index < -0.39 is 0 Å². The second kappa shape index (κ2) is 7.13. The van der Waals surface area contributed by atoms with Crippen molar-refractivity contribution in [1.29, 1.82) is 0 Å². The van der Waals surface area contributed by atoms with Crippen molar-refractivity contribution in [3.63, 3.8) is 0 Å². The van der Waals surface area contributed by atoms with Crippen molar-refractivity contribution in [1.82, 2.24) is 9.80 Å². The van der Waals surface area contributed by atoms with E-state index >= 15 is 0 Å². The normalized spacial score (nSPS) is 20.1. The fourth-order valence-electron chi connectivity index (χ4n) is 2.96. The maximum absolute atomic E-state index is 12.3. The van der Waals surface area contributed by atoms with Gasteiger partial charge in [0, 0.05) is 37.8 Å². The second-order valence-corrected chi connectivity index (χ2v) is 7.68. The molecule has 3 heterocycles. The number of carbonyl (C=O) groups is 1. The molecule has 4 rings (SSSR count). The predicted molar refractivity (Wildman–Crippen MR) is 106 cm³/mol. The van der Waals surface area contributed by atoms with Crippen molar-refractivity contribution in [2.24, 2.45) is 4.99 Å². The van der Waals surface area contributed by atoms with E-state index in [0.717, 1.165) is 42.7 Å². The standard InChI is InChI=1S/C20H21N3O2S/c1-14-3-5-15(6-4-14)17-8-7-16(25-17)13-18-19(24)21-20(26-18)23-11-9-22(2)10-12-23/h3-8,13H,9-12H2,1-2H3/b18-13+. The van der Waals surface area contributed by atoms with Crippen molar-refractivity contribution in [3.05, 3.63) is 52.6 Å². The lowest BCUT2D eigenvalue weighted by molar-refractivity contribution is -0.113. The molecule has 0 atom stereocenters. The van der Waals surface area contributed by atoms with E-state index in [-0.39, 0.29) is 5.91 Å². The highest BCUT2D eigenvalue weighted by Gasteiger charge is 2.28. The average molecular weight is 367 g/mol. The zero-order valence-corrected chi connectivity index (χ0v) is 15.8. The molecule has 134 valence electrons. The molecule has 1 aromatic heterocycles. The molecule has 1 fully saturated rings. The van der Waals surface area contributed by atoms with Gasteiger partial charge in [0.2, 0.25) is 0 Å². The lowest BCUT2D eigenvalue weighted by Crippen LogP contribution is -2.46. The summed E-state index contributed by atoms with van der Waals surface area (Å²) >= 11 is 1.44. The smallest absolute Gasteiger partial charge is 0.286 e. The third kappa shape index (κ3) is 3.61. The molecule has 26 heavy (non-hydrogen) atoms. The first kappa shape index (κ1) is 17.1. The van der Waals surface area contributed by atoms with Crippen molar-refractivity contribution < 1.29 is 9.21 Å². The largest absolute Gasteiger partial charge is 0.457 e. The summed E-state index contributed by atoms with van der Waals surface area (Å²) < 4.78 is 5.90. The van der Waals surface area contributed by atoms with Gasteiger partial charge in [-0.25, -0.2) is 0 Å². The van der Waals surface area contributed by atoms with E-state index in [2.05, 4.69) is 40.9 Å². The van der Waals surface area contributed by atoms with Crippen LogP contribution in [0.5, 0.6) is 0 Å². The van der Waals surface area contributed by atoms with Gasteiger partial charge in [-0.2, -0.15) is 4.99 Å². The first-order valence-corrected chi connectivity index (χ1v) is 9.53. The zero-order chi connectivity index (χ0) is 18.1. The Bertz CT molecular complexity index is 875. The van der Waals surface area contributed by atoms with Crippen LogP contribution in [0.1, 0.15) is 11.3 Å². The molecule has 0 N–H and O–H groups in total. The van der Waals surface area contributed by atoms with E-state index in [0.29, 0.717) is 10.7 Å². The Labute approximate surface area is 157 Å².